The number of ether oxygens (including phenoxy) is 2. The third kappa shape index (κ3) is 4.15. The molecule has 3 heterocycles. The summed E-state index contributed by atoms with van der Waals surface area (Å²) in [6, 6.07) is 1.43. The zero-order valence-corrected chi connectivity index (χ0v) is 15.5. The molecular formula is C19H26N2O5. The van der Waals surface area contributed by atoms with Crippen molar-refractivity contribution >= 4 is 12.1 Å². The molecule has 0 bridgehead atoms. The number of aromatic carboxylic acids is 1. The number of hydrogen-bond acceptors (Lipinski definition) is 5. The van der Waals surface area contributed by atoms with Gasteiger partial charge in [0.05, 0.1) is 23.8 Å². The van der Waals surface area contributed by atoms with Crippen LogP contribution in [0.25, 0.3) is 0 Å². The van der Waals surface area contributed by atoms with E-state index in [2.05, 4.69) is 4.98 Å². The molecule has 1 atom stereocenters. The highest BCUT2D eigenvalue weighted by molar-refractivity contribution is 5.87. The van der Waals surface area contributed by atoms with Crippen molar-refractivity contribution in [2.75, 3.05) is 13.2 Å². The molecular weight excluding hydrogens is 336 g/mol. The molecule has 0 saturated carbocycles. The quantitative estimate of drug-likeness (QED) is 0.886. The lowest BCUT2D eigenvalue weighted by Crippen LogP contribution is -2.36. The molecule has 1 saturated heterocycles. The Bertz CT molecular complexity index is 692. The Balaban J connectivity index is 1.86. The van der Waals surface area contributed by atoms with Crippen molar-refractivity contribution < 1.29 is 24.2 Å². The molecule has 3 rings (SSSR count). The highest BCUT2D eigenvalue weighted by Crippen LogP contribution is 2.39. The number of nitrogens with zero attached hydrogens (tertiary/aromatic N) is 2. The van der Waals surface area contributed by atoms with E-state index in [9.17, 15) is 14.7 Å². The molecule has 26 heavy (non-hydrogen) atoms. The van der Waals surface area contributed by atoms with Gasteiger partial charge < -0.3 is 14.6 Å². The number of carbonyl (C=O) groups is 2. The first-order valence-electron chi connectivity index (χ1n) is 9.04. The summed E-state index contributed by atoms with van der Waals surface area (Å²) in [5.41, 5.74) is 1.12. The molecule has 2 aliphatic rings. The Morgan fingerprint density at radius 2 is 2.04 bits per heavy atom. The largest absolute Gasteiger partial charge is 0.478 e. The Morgan fingerprint density at radius 3 is 2.65 bits per heavy atom. The molecule has 1 aromatic rings. The zero-order valence-electron chi connectivity index (χ0n) is 15.5. The fourth-order valence-corrected chi connectivity index (χ4v) is 3.55. The van der Waals surface area contributed by atoms with Gasteiger partial charge in [-0.1, -0.05) is 0 Å². The van der Waals surface area contributed by atoms with Crippen LogP contribution in [-0.2, 0) is 16.0 Å². The molecule has 1 amide bonds. The fourth-order valence-electron chi connectivity index (χ4n) is 3.55. The van der Waals surface area contributed by atoms with Gasteiger partial charge in [0.25, 0.3) is 0 Å². The minimum absolute atomic E-state index is 0.139. The van der Waals surface area contributed by atoms with E-state index in [0.717, 1.165) is 43.7 Å². The summed E-state index contributed by atoms with van der Waals surface area (Å²) in [6.45, 7) is 7.31. The minimum Gasteiger partial charge on any atom is -0.478 e. The summed E-state index contributed by atoms with van der Waals surface area (Å²) in [4.78, 5) is 30.1. The number of amides is 1. The van der Waals surface area contributed by atoms with Gasteiger partial charge in [0.15, 0.2) is 0 Å². The summed E-state index contributed by atoms with van der Waals surface area (Å²) in [5, 5.41) is 9.21. The number of aromatic nitrogens is 1. The topological polar surface area (TPSA) is 89.0 Å². The summed E-state index contributed by atoms with van der Waals surface area (Å²) in [6.07, 6.45) is 3.69. The molecule has 1 aromatic heterocycles. The first kappa shape index (κ1) is 18.6. The molecule has 0 spiro atoms. The van der Waals surface area contributed by atoms with Gasteiger partial charge in [-0.05, 0) is 57.6 Å². The Hall–Kier alpha value is -2.15. The van der Waals surface area contributed by atoms with E-state index in [4.69, 9.17) is 9.47 Å². The lowest BCUT2D eigenvalue weighted by molar-refractivity contribution is 0.0100. The number of pyridine rings is 1. The zero-order chi connectivity index (χ0) is 18.9. The monoisotopic (exact) mass is 362 g/mol. The van der Waals surface area contributed by atoms with Crippen LogP contribution in [0, 0.1) is 5.92 Å². The van der Waals surface area contributed by atoms with E-state index in [0.29, 0.717) is 12.5 Å². The third-order valence-electron chi connectivity index (χ3n) is 4.81. The molecule has 1 N–H and O–H groups in total. The van der Waals surface area contributed by atoms with Crippen LogP contribution < -0.4 is 0 Å². The summed E-state index contributed by atoms with van der Waals surface area (Å²) < 4.78 is 11.0. The minimum atomic E-state index is -1.02. The summed E-state index contributed by atoms with van der Waals surface area (Å²) >= 11 is 0. The predicted molar refractivity (Wildman–Crippen MR) is 93.9 cm³/mol. The highest BCUT2D eigenvalue weighted by atomic mass is 16.6. The van der Waals surface area contributed by atoms with Crippen molar-refractivity contribution in [3.05, 3.63) is 29.1 Å². The van der Waals surface area contributed by atoms with Gasteiger partial charge in [-0.25, -0.2) is 9.59 Å². The molecule has 142 valence electrons. The number of carboxylic acid groups (broad SMARTS) is 1. The van der Waals surface area contributed by atoms with E-state index < -0.39 is 11.6 Å². The van der Waals surface area contributed by atoms with Gasteiger partial charge in [-0.2, -0.15) is 0 Å². The summed E-state index contributed by atoms with van der Waals surface area (Å²) in [5.74, 6) is -0.567. The van der Waals surface area contributed by atoms with E-state index in [1.165, 1.54) is 6.20 Å². The first-order valence-corrected chi connectivity index (χ1v) is 9.04. The van der Waals surface area contributed by atoms with Crippen LogP contribution in [0.3, 0.4) is 0 Å². The highest BCUT2D eigenvalue weighted by Gasteiger charge is 2.39. The van der Waals surface area contributed by atoms with Crippen molar-refractivity contribution in [3.63, 3.8) is 0 Å². The maximum atomic E-state index is 12.7. The molecule has 0 aliphatic carbocycles. The van der Waals surface area contributed by atoms with Crippen LogP contribution in [0.2, 0.25) is 0 Å². The predicted octanol–water partition coefficient (Wildman–Crippen LogP) is 3.39. The van der Waals surface area contributed by atoms with E-state index in [1.807, 2.05) is 20.8 Å². The number of rotatable bonds is 3. The fraction of sp³-hybridized carbons (Fsp3) is 0.632. The Morgan fingerprint density at radius 1 is 1.35 bits per heavy atom. The van der Waals surface area contributed by atoms with Gasteiger partial charge >= 0.3 is 12.1 Å². The smallest absolute Gasteiger partial charge is 0.411 e. The Labute approximate surface area is 153 Å². The van der Waals surface area contributed by atoms with Gasteiger partial charge in [0.1, 0.15) is 5.60 Å². The van der Waals surface area contributed by atoms with Crippen LogP contribution in [0.1, 0.15) is 67.7 Å². The average molecular weight is 362 g/mol. The second-order valence-electron chi connectivity index (χ2n) is 7.99. The van der Waals surface area contributed by atoms with Gasteiger partial charge in [-0.15, -0.1) is 0 Å². The Kier molecular flexibility index (Phi) is 5.18. The normalized spacial score (nSPS) is 20.7. The molecule has 7 nitrogen and oxygen atoms in total. The number of carbonyl (C=O) groups excluding carboxylic acids is 1. The number of carboxylic acids is 1. The van der Waals surface area contributed by atoms with E-state index >= 15 is 0 Å². The SMILES string of the molecule is CC(C)(C)OC(=O)N1Cc2cc(C(=O)O)cnc2[C@@H]1CC1CCOCC1. The van der Waals surface area contributed by atoms with E-state index in [1.54, 1.807) is 11.0 Å². The van der Waals surface area contributed by atoms with Crippen LogP contribution in [0.4, 0.5) is 4.79 Å². The molecule has 7 heteroatoms. The van der Waals surface area contributed by atoms with Crippen molar-refractivity contribution in [2.45, 2.75) is 58.2 Å². The number of fused-ring (bicyclic) bond motifs is 1. The third-order valence-corrected chi connectivity index (χ3v) is 4.81. The van der Waals surface area contributed by atoms with Gasteiger partial charge in [-0.3, -0.25) is 9.88 Å². The van der Waals surface area contributed by atoms with E-state index in [-0.39, 0.29) is 17.7 Å². The first-order chi connectivity index (χ1) is 12.2. The van der Waals surface area contributed by atoms with Crippen LogP contribution in [-0.4, -0.2) is 45.9 Å². The molecule has 2 aliphatic heterocycles. The second kappa shape index (κ2) is 7.23. The molecule has 1 fully saturated rings. The van der Waals surface area contributed by atoms with Crippen LogP contribution >= 0.6 is 0 Å². The lowest BCUT2D eigenvalue weighted by atomic mass is 9.91. The van der Waals surface area contributed by atoms with Gasteiger partial charge in [0, 0.05) is 19.4 Å². The number of hydrogen-bond donors (Lipinski definition) is 1. The van der Waals surface area contributed by atoms with Crippen molar-refractivity contribution in [1.29, 1.82) is 0 Å². The maximum Gasteiger partial charge on any atom is 0.411 e. The van der Waals surface area contributed by atoms with Crippen molar-refractivity contribution in [1.82, 2.24) is 9.88 Å². The molecule has 0 unspecified atom stereocenters. The van der Waals surface area contributed by atoms with Gasteiger partial charge in [0.2, 0.25) is 0 Å². The second-order valence-corrected chi connectivity index (χ2v) is 7.99. The summed E-state index contributed by atoms with van der Waals surface area (Å²) in [7, 11) is 0. The van der Waals surface area contributed by atoms with Crippen LogP contribution in [0.15, 0.2) is 12.3 Å². The molecule has 0 aromatic carbocycles. The molecule has 0 radical (unpaired) electrons. The van der Waals surface area contributed by atoms with Crippen molar-refractivity contribution in [2.24, 2.45) is 5.92 Å². The maximum absolute atomic E-state index is 12.7. The lowest BCUT2D eigenvalue weighted by Gasteiger charge is -2.31. The van der Waals surface area contributed by atoms with Crippen molar-refractivity contribution in [3.8, 4) is 0 Å². The van der Waals surface area contributed by atoms with Crippen LogP contribution in [0.5, 0.6) is 0 Å². The average Bonchev–Trinajstić information content (AvgIpc) is 2.92. The standard InChI is InChI=1S/C19H26N2O5/c1-19(2,3)26-18(24)21-11-14-9-13(17(22)23)10-20-16(14)15(21)8-12-4-6-25-7-5-12/h9-10,12,15H,4-8,11H2,1-3H3,(H,22,23)/t15-/m0/s1.